The molecule has 0 spiro atoms. The molecule has 0 unspecified atom stereocenters. The van der Waals surface area contributed by atoms with E-state index in [0.717, 1.165) is 5.56 Å². The molecule has 2 N–H and O–H groups in total. The molecular formula is C21H20O7S. The quantitative estimate of drug-likeness (QED) is 0.405. The summed E-state index contributed by atoms with van der Waals surface area (Å²) in [7, 11) is -0.674. The van der Waals surface area contributed by atoms with Gasteiger partial charge in [0.05, 0.1) is 13.5 Å². The average Bonchev–Trinajstić information content (AvgIpc) is 2.66. The van der Waals surface area contributed by atoms with Crippen molar-refractivity contribution in [2.24, 2.45) is 0 Å². The maximum atomic E-state index is 11.8. The van der Waals surface area contributed by atoms with E-state index >= 15 is 0 Å². The number of carbonyl (C=O) groups is 2. The van der Waals surface area contributed by atoms with Gasteiger partial charge in [0, 0.05) is 5.87 Å². The number of carbonyl (C=O) groups excluding carboxylic acids is 2. The summed E-state index contributed by atoms with van der Waals surface area (Å²) in [6, 6.07) is 11.1. The maximum absolute atomic E-state index is 11.8. The van der Waals surface area contributed by atoms with Crippen molar-refractivity contribution in [1.82, 2.24) is 0 Å². The Morgan fingerprint density at radius 1 is 0.966 bits per heavy atom. The summed E-state index contributed by atoms with van der Waals surface area (Å²) in [6.07, 6.45) is 5.56. The SMILES string of the molecule is C=S(=O)=O.COc1cc(/C=C/C(=O)CC(=O)C=Cc2ccc(O)cc2)ccc1O. The van der Waals surface area contributed by atoms with E-state index in [1.54, 1.807) is 36.4 Å². The van der Waals surface area contributed by atoms with E-state index in [0.29, 0.717) is 11.3 Å². The highest BCUT2D eigenvalue weighted by atomic mass is 32.2. The molecule has 152 valence electrons. The highest BCUT2D eigenvalue weighted by Crippen LogP contribution is 2.26. The normalized spacial score (nSPS) is 10.4. The van der Waals surface area contributed by atoms with Gasteiger partial charge in [-0.1, -0.05) is 30.4 Å². The van der Waals surface area contributed by atoms with Crippen LogP contribution >= 0.6 is 0 Å². The number of hydrogen-bond acceptors (Lipinski definition) is 7. The van der Waals surface area contributed by atoms with Crippen molar-refractivity contribution < 1.29 is 33.0 Å². The van der Waals surface area contributed by atoms with Crippen LogP contribution in [-0.2, 0) is 19.9 Å². The highest BCUT2D eigenvalue weighted by Gasteiger charge is 2.05. The highest BCUT2D eigenvalue weighted by molar-refractivity contribution is 7.70. The van der Waals surface area contributed by atoms with Crippen LogP contribution in [0.1, 0.15) is 17.5 Å². The minimum absolute atomic E-state index is 0.0144. The Morgan fingerprint density at radius 3 is 1.97 bits per heavy atom. The first-order valence-electron chi connectivity index (χ1n) is 8.18. The van der Waals surface area contributed by atoms with Crippen molar-refractivity contribution in [3.05, 3.63) is 65.7 Å². The summed E-state index contributed by atoms with van der Waals surface area (Å²) >= 11 is 0. The van der Waals surface area contributed by atoms with E-state index < -0.39 is 10.3 Å². The van der Waals surface area contributed by atoms with Crippen molar-refractivity contribution in [1.29, 1.82) is 0 Å². The summed E-state index contributed by atoms with van der Waals surface area (Å²) in [6.45, 7) is 0. The first-order chi connectivity index (χ1) is 13.7. The van der Waals surface area contributed by atoms with Crippen LogP contribution in [-0.4, -0.2) is 43.2 Å². The third-order valence-electron chi connectivity index (χ3n) is 3.37. The van der Waals surface area contributed by atoms with Gasteiger partial charge in [-0.2, -0.15) is 8.42 Å². The monoisotopic (exact) mass is 416 g/mol. The molecule has 2 aromatic carbocycles. The van der Waals surface area contributed by atoms with Crippen LogP contribution in [0.2, 0.25) is 0 Å². The lowest BCUT2D eigenvalue weighted by Gasteiger charge is -2.03. The van der Waals surface area contributed by atoms with Crippen molar-refractivity contribution in [2.45, 2.75) is 6.42 Å². The smallest absolute Gasteiger partial charge is 0.206 e. The minimum atomic E-state index is -2.11. The van der Waals surface area contributed by atoms with Gasteiger partial charge in [-0.15, -0.1) is 0 Å². The lowest BCUT2D eigenvalue weighted by molar-refractivity contribution is -0.121. The molecule has 29 heavy (non-hydrogen) atoms. The third-order valence-corrected chi connectivity index (χ3v) is 3.37. The van der Waals surface area contributed by atoms with Gasteiger partial charge >= 0.3 is 0 Å². The number of hydrogen-bond donors (Lipinski definition) is 2. The van der Waals surface area contributed by atoms with Gasteiger partial charge in [-0.25, -0.2) is 0 Å². The van der Waals surface area contributed by atoms with E-state index in [-0.39, 0.29) is 29.5 Å². The largest absolute Gasteiger partial charge is 0.508 e. The molecule has 8 heteroatoms. The zero-order chi connectivity index (χ0) is 21.8. The summed E-state index contributed by atoms with van der Waals surface area (Å²) in [5.74, 6) is 2.39. The summed E-state index contributed by atoms with van der Waals surface area (Å²) in [5, 5.41) is 18.7. The molecule has 0 aliphatic carbocycles. The van der Waals surface area contributed by atoms with Gasteiger partial charge in [-0.05, 0) is 47.5 Å². The number of aromatic hydroxyl groups is 2. The molecule has 2 aromatic rings. The topological polar surface area (TPSA) is 118 Å². The fourth-order valence-corrected chi connectivity index (χ4v) is 2.05. The first kappa shape index (κ1) is 23.4. The molecule has 0 amide bonds. The van der Waals surface area contributed by atoms with Gasteiger partial charge in [0.1, 0.15) is 5.75 Å². The molecule has 0 aliphatic rings. The number of ketones is 2. The predicted octanol–water partition coefficient (Wildman–Crippen LogP) is 2.66. The zero-order valence-electron chi connectivity index (χ0n) is 15.6. The second-order valence-corrected chi connectivity index (χ2v) is 6.21. The zero-order valence-corrected chi connectivity index (χ0v) is 16.4. The van der Waals surface area contributed by atoms with Crippen LogP contribution in [0.25, 0.3) is 12.2 Å². The number of rotatable bonds is 7. The molecule has 0 radical (unpaired) electrons. The Hall–Kier alpha value is -3.65. The van der Waals surface area contributed by atoms with Crippen molar-refractivity contribution in [3.8, 4) is 17.2 Å². The van der Waals surface area contributed by atoms with E-state index in [4.69, 9.17) is 13.2 Å². The molecule has 0 atom stereocenters. The molecule has 0 saturated carbocycles. The number of benzene rings is 2. The van der Waals surface area contributed by atoms with Crippen LogP contribution in [0.4, 0.5) is 0 Å². The second-order valence-electron chi connectivity index (χ2n) is 5.60. The summed E-state index contributed by atoms with van der Waals surface area (Å²) in [5.41, 5.74) is 1.43. The molecule has 2 rings (SSSR count). The molecule has 0 saturated heterocycles. The van der Waals surface area contributed by atoms with Crippen LogP contribution in [0.3, 0.4) is 0 Å². The van der Waals surface area contributed by atoms with Crippen molar-refractivity contribution in [2.75, 3.05) is 7.11 Å². The average molecular weight is 416 g/mol. The maximum Gasteiger partial charge on any atom is 0.206 e. The van der Waals surface area contributed by atoms with Crippen molar-refractivity contribution in [3.63, 3.8) is 0 Å². The van der Waals surface area contributed by atoms with E-state index in [2.05, 4.69) is 5.87 Å². The van der Waals surface area contributed by atoms with Crippen LogP contribution < -0.4 is 4.74 Å². The summed E-state index contributed by atoms with van der Waals surface area (Å²) < 4.78 is 22.8. The van der Waals surface area contributed by atoms with Gasteiger partial charge in [0.2, 0.25) is 10.3 Å². The van der Waals surface area contributed by atoms with Gasteiger partial charge in [0.15, 0.2) is 23.1 Å². The van der Waals surface area contributed by atoms with Gasteiger partial charge in [0.25, 0.3) is 0 Å². The van der Waals surface area contributed by atoms with Crippen LogP contribution in [0.15, 0.2) is 54.6 Å². The fraction of sp³-hybridized carbons (Fsp3) is 0.0952. The minimum Gasteiger partial charge on any atom is -0.508 e. The van der Waals surface area contributed by atoms with Gasteiger partial charge < -0.3 is 14.9 Å². The molecule has 0 aromatic heterocycles. The first-order valence-corrected chi connectivity index (χ1v) is 9.42. The number of methoxy groups -OCH3 is 1. The fourth-order valence-electron chi connectivity index (χ4n) is 2.05. The number of allylic oxidation sites excluding steroid dienone is 2. The number of phenols is 2. The Balaban J connectivity index is 0.000000960. The van der Waals surface area contributed by atoms with E-state index in [1.807, 2.05) is 0 Å². The van der Waals surface area contributed by atoms with Crippen molar-refractivity contribution >= 4 is 39.9 Å². The number of phenolic OH excluding ortho intramolecular Hbond substituents is 2. The molecular weight excluding hydrogens is 396 g/mol. The summed E-state index contributed by atoms with van der Waals surface area (Å²) in [4.78, 5) is 23.7. The van der Waals surface area contributed by atoms with E-state index in [1.165, 1.54) is 37.5 Å². The number of ether oxygens (including phenoxy) is 1. The standard InChI is InChI=1S/C20H18O5.CH2O2S/c1-25-20-12-15(6-11-19(20)24)5-10-18(23)13-17(22)9-4-14-2-7-16(21)8-3-14;1-4(2)3/h2-12,21,24H,13H2,1H3;1H2/b9-4?,10-5+;. The molecule has 0 fully saturated rings. The molecule has 0 bridgehead atoms. The van der Waals surface area contributed by atoms with Gasteiger partial charge in [-0.3, -0.25) is 9.59 Å². The Morgan fingerprint density at radius 2 is 1.45 bits per heavy atom. The molecule has 7 nitrogen and oxygen atoms in total. The van der Waals surface area contributed by atoms with Crippen LogP contribution in [0.5, 0.6) is 17.2 Å². The molecule has 0 heterocycles. The Kier molecular flexibility index (Phi) is 9.63. The van der Waals surface area contributed by atoms with E-state index in [9.17, 15) is 19.8 Å². The van der Waals surface area contributed by atoms with Crippen LogP contribution in [0, 0.1) is 0 Å². The lowest BCUT2D eigenvalue weighted by Crippen LogP contribution is -2.01. The Labute approximate surface area is 169 Å². The lowest BCUT2D eigenvalue weighted by atomic mass is 10.1. The second kappa shape index (κ2) is 11.9. The predicted molar refractivity (Wildman–Crippen MR) is 112 cm³/mol. The Bertz CT molecular complexity index is 1010. The third kappa shape index (κ3) is 9.73. The molecule has 0 aliphatic heterocycles.